The molecule has 1 fully saturated rings. The lowest BCUT2D eigenvalue weighted by atomic mass is 9.96. The Morgan fingerprint density at radius 2 is 1.94 bits per heavy atom. The molecule has 0 radical (unpaired) electrons. The van der Waals surface area contributed by atoms with Crippen molar-refractivity contribution in [3.63, 3.8) is 0 Å². The predicted molar refractivity (Wildman–Crippen MR) is 117 cm³/mol. The molecule has 3 heterocycles. The number of hydrogen-bond donors (Lipinski definition) is 1. The summed E-state index contributed by atoms with van der Waals surface area (Å²) in [6.07, 6.45) is 8.43. The molecule has 8 heteroatoms. The van der Waals surface area contributed by atoms with E-state index in [9.17, 15) is 4.79 Å². The van der Waals surface area contributed by atoms with Crippen LogP contribution in [0.25, 0.3) is 22.8 Å². The van der Waals surface area contributed by atoms with E-state index in [-0.39, 0.29) is 12.0 Å². The number of carbonyl (C=O) groups excluding carboxylic acids is 1. The summed E-state index contributed by atoms with van der Waals surface area (Å²) in [5, 5.41) is 6.98. The van der Waals surface area contributed by atoms with E-state index >= 15 is 0 Å². The number of nitrogens with zero attached hydrogens (tertiary/aromatic N) is 4. The van der Waals surface area contributed by atoms with Crippen LogP contribution in [0.2, 0.25) is 0 Å². The molecule has 1 N–H and O–H groups in total. The second-order valence-electron chi connectivity index (χ2n) is 7.60. The van der Waals surface area contributed by atoms with Crippen molar-refractivity contribution in [1.82, 2.24) is 25.4 Å². The van der Waals surface area contributed by atoms with E-state index in [1.54, 1.807) is 30.7 Å². The molecule has 4 aromatic rings. The van der Waals surface area contributed by atoms with E-state index in [0.29, 0.717) is 29.7 Å². The van der Waals surface area contributed by atoms with Crippen molar-refractivity contribution < 1.29 is 14.1 Å². The van der Waals surface area contributed by atoms with E-state index in [1.807, 2.05) is 36.4 Å². The number of ether oxygens (including phenoxy) is 1. The highest BCUT2D eigenvalue weighted by Crippen LogP contribution is 2.25. The highest BCUT2D eigenvalue weighted by atomic mass is 16.5. The molecule has 8 nitrogen and oxygen atoms in total. The summed E-state index contributed by atoms with van der Waals surface area (Å²) in [5.74, 6) is 1.22. The Bertz CT molecular complexity index is 1220. The second-order valence-corrected chi connectivity index (χ2v) is 7.60. The molecule has 1 aliphatic rings. The molecule has 0 bridgehead atoms. The topological polar surface area (TPSA) is 103 Å². The Hall–Kier alpha value is -4.07. The first kappa shape index (κ1) is 19.9. The van der Waals surface area contributed by atoms with Crippen LogP contribution in [0.5, 0.6) is 5.88 Å². The van der Waals surface area contributed by atoms with Gasteiger partial charge >= 0.3 is 0 Å². The molecule has 0 unspecified atom stereocenters. The van der Waals surface area contributed by atoms with Crippen LogP contribution in [0.4, 0.5) is 0 Å². The van der Waals surface area contributed by atoms with E-state index in [0.717, 1.165) is 29.5 Å². The minimum atomic E-state index is -0.186. The highest BCUT2D eigenvalue weighted by Gasteiger charge is 2.20. The lowest BCUT2D eigenvalue weighted by Gasteiger charge is -2.25. The lowest BCUT2D eigenvalue weighted by molar-refractivity contribution is 0.0946. The molecule has 0 aliphatic heterocycles. The van der Waals surface area contributed by atoms with Gasteiger partial charge in [-0.15, -0.1) is 0 Å². The van der Waals surface area contributed by atoms with Crippen molar-refractivity contribution in [1.29, 1.82) is 0 Å². The molecule has 0 saturated heterocycles. The van der Waals surface area contributed by atoms with Gasteiger partial charge in [0, 0.05) is 47.9 Å². The van der Waals surface area contributed by atoms with Crippen LogP contribution in [-0.4, -0.2) is 32.1 Å². The van der Waals surface area contributed by atoms with E-state index in [2.05, 4.69) is 25.4 Å². The van der Waals surface area contributed by atoms with Crippen molar-refractivity contribution in [2.45, 2.75) is 31.9 Å². The van der Waals surface area contributed by atoms with Gasteiger partial charge in [0.2, 0.25) is 11.7 Å². The van der Waals surface area contributed by atoms with Crippen LogP contribution in [0.15, 0.2) is 71.6 Å². The molecular formula is C24H21N5O3. The monoisotopic (exact) mass is 427 g/mol. The van der Waals surface area contributed by atoms with E-state index in [1.165, 1.54) is 6.42 Å². The first-order valence-electron chi connectivity index (χ1n) is 10.5. The number of pyridine rings is 2. The SMILES string of the molecule is O=C(NCc1cccc(-c2nc(-c3ccncc3)no2)c1)c1ccnc(OC2CCC2)c1. The molecular weight excluding hydrogens is 406 g/mol. The maximum Gasteiger partial charge on any atom is 0.258 e. The first-order valence-corrected chi connectivity index (χ1v) is 10.5. The van der Waals surface area contributed by atoms with Gasteiger partial charge in [-0.05, 0) is 55.2 Å². The van der Waals surface area contributed by atoms with Crippen molar-refractivity contribution in [3.8, 4) is 28.7 Å². The van der Waals surface area contributed by atoms with Crippen LogP contribution in [0, 0.1) is 0 Å². The maximum absolute atomic E-state index is 12.6. The molecule has 3 aromatic heterocycles. The zero-order chi connectivity index (χ0) is 21.8. The zero-order valence-electron chi connectivity index (χ0n) is 17.3. The molecule has 1 saturated carbocycles. The van der Waals surface area contributed by atoms with Gasteiger partial charge in [0.1, 0.15) is 6.10 Å². The Kier molecular flexibility index (Phi) is 5.57. The number of nitrogens with one attached hydrogen (secondary N) is 1. The minimum absolute atomic E-state index is 0.186. The van der Waals surface area contributed by atoms with Gasteiger partial charge in [-0.2, -0.15) is 4.98 Å². The number of amides is 1. The number of hydrogen-bond acceptors (Lipinski definition) is 7. The fraction of sp³-hybridized carbons (Fsp3) is 0.208. The zero-order valence-corrected chi connectivity index (χ0v) is 17.3. The lowest BCUT2D eigenvalue weighted by Crippen LogP contribution is -2.26. The molecule has 0 spiro atoms. The molecule has 5 rings (SSSR count). The molecule has 1 aromatic carbocycles. The Morgan fingerprint density at radius 3 is 2.75 bits per heavy atom. The molecule has 160 valence electrons. The standard InChI is InChI=1S/C24H21N5O3/c30-23(18-9-12-26-21(14-18)31-20-5-2-6-20)27-15-16-3-1-4-19(13-16)24-28-22(29-32-24)17-7-10-25-11-8-17/h1,3-4,7-14,20H,2,5-6,15H2,(H,27,30). The van der Waals surface area contributed by atoms with E-state index in [4.69, 9.17) is 9.26 Å². The van der Waals surface area contributed by atoms with Crippen molar-refractivity contribution in [2.24, 2.45) is 0 Å². The maximum atomic E-state index is 12.6. The Balaban J connectivity index is 1.24. The summed E-state index contributed by atoms with van der Waals surface area (Å²) in [4.78, 5) is 25.3. The van der Waals surface area contributed by atoms with Gasteiger partial charge in [-0.1, -0.05) is 17.3 Å². The Labute approximate surface area is 184 Å². The Morgan fingerprint density at radius 1 is 1.06 bits per heavy atom. The summed E-state index contributed by atoms with van der Waals surface area (Å²) in [6.45, 7) is 0.360. The van der Waals surface area contributed by atoms with Gasteiger partial charge in [0.25, 0.3) is 11.8 Å². The number of aromatic nitrogens is 4. The largest absolute Gasteiger partial charge is 0.474 e. The number of benzene rings is 1. The van der Waals surface area contributed by atoms with Crippen LogP contribution in [-0.2, 0) is 6.54 Å². The summed E-state index contributed by atoms with van der Waals surface area (Å²) in [7, 11) is 0. The third kappa shape index (κ3) is 4.49. The molecule has 32 heavy (non-hydrogen) atoms. The van der Waals surface area contributed by atoms with Crippen molar-refractivity contribution in [3.05, 3.63) is 78.2 Å². The highest BCUT2D eigenvalue weighted by molar-refractivity contribution is 5.94. The van der Waals surface area contributed by atoms with E-state index < -0.39 is 0 Å². The number of rotatable bonds is 7. The minimum Gasteiger partial charge on any atom is -0.474 e. The van der Waals surface area contributed by atoms with Gasteiger partial charge in [0.15, 0.2) is 0 Å². The summed E-state index contributed by atoms with van der Waals surface area (Å²) >= 11 is 0. The van der Waals surface area contributed by atoms with Gasteiger partial charge < -0.3 is 14.6 Å². The van der Waals surface area contributed by atoms with Gasteiger partial charge in [-0.25, -0.2) is 4.98 Å². The van der Waals surface area contributed by atoms with Crippen LogP contribution in [0.1, 0.15) is 35.2 Å². The van der Waals surface area contributed by atoms with Crippen molar-refractivity contribution in [2.75, 3.05) is 0 Å². The fourth-order valence-corrected chi connectivity index (χ4v) is 3.33. The summed E-state index contributed by atoms with van der Waals surface area (Å²) in [6, 6.07) is 14.6. The number of carbonyl (C=O) groups is 1. The third-order valence-electron chi connectivity index (χ3n) is 5.33. The van der Waals surface area contributed by atoms with Crippen LogP contribution < -0.4 is 10.1 Å². The van der Waals surface area contributed by atoms with Gasteiger partial charge in [0.05, 0.1) is 0 Å². The van der Waals surface area contributed by atoms with Crippen LogP contribution >= 0.6 is 0 Å². The molecule has 1 aliphatic carbocycles. The predicted octanol–water partition coefficient (Wildman–Crippen LogP) is 4.05. The molecule has 0 atom stereocenters. The fourth-order valence-electron chi connectivity index (χ4n) is 3.33. The normalized spacial score (nSPS) is 13.4. The average Bonchev–Trinajstić information content (AvgIpc) is 3.31. The summed E-state index contributed by atoms with van der Waals surface area (Å²) in [5.41, 5.74) is 3.05. The summed E-state index contributed by atoms with van der Waals surface area (Å²) < 4.78 is 11.2. The molecule has 1 amide bonds. The first-order chi connectivity index (χ1) is 15.7. The second kappa shape index (κ2) is 8.97. The third-order valence-corrected chi connectivity index (χ3v) is 5.33. The van der Waals surface area contributed by atoms with Gasteiger partial charge in [-0.3, -0.25) is 9.78 Å². The van der Waals surface area contributed by atoms with Crippen LogP contribution in [0.3, 0.4) is 0 Å². The van der Waals surface area contributed by atoms with Crippen molar-refractivity contribution >= 4 is 5.91 Å². The average molecular weight is 427 g/mol. The smallest absolute Gasteiger partial charge is 0.258 e. The quantitative estimate of drug-likeness (QED) is 0.474.